The lowest BCUT2D eigenvalue weighted by Crippen LogP contribution is -2.31. The van der Waals surface area contributed by atoms with Crippen LogP contribution in [0, 0.1) is 13.8 Å². The number of hydrogen-bond donors (Lipinski definition) is 1. The van der Waals surface area contributed by atoms with Gasteiger partial charge in [0.25, 0.3) is 5.56 Å². The van der Waals surface area contributed by atoms with Gasteiger partial charge in [0.15, 0.2) is 5.16 Å². The second-order valence-corrected chi connectivity index (χ2v) is 11.5. The molecule has 2 fully saturated rings. The summed E-state index contributed by atoms with van der Waals surface area (Å²) in [4.78, 5) is 25.3. The monoisotopic (exact) mass is 492 g/mol. The minimum Gasteiger partial charge on any atom is -0.341 e. The standard InChI is InChI=1S/C25H28N6OS2/c1-15-6-8-17(9-7-15)20-16(2)34-23-21(20)22(32)26-19(27-23)14-33-25-29-28-24(31(25)18-10-11-18)30-12-4-3-5-13-30/h6-9,18H,3-5,10-14H2,1-2H3,(H,26,27,32). The van der Waals surface area contributed by atoms with Gasteiger partial charge in [0, 0.05) is 29.6 Å². The fraction of sp³-hybridized carbons (Fsp3) is 0.440. The zero-order chi connectivity index (χ0) is 23.2. The maximum Gasteiger partial charge on any atom is 0.260 e. The lowest BCUT2D eigenvalue weighted by Gasteiger charge is -2.27. The van der Waals surface area contributed by atoms with Gasteiger partial charge in [-0.2, -0.15) is 0 Å². The number of thiophene rings is 1. The fourth-order valence-electron chi connectivity index (χ4n) is 4.76. The van der Waals surface area contributed by atoms with Gasteiger partial charge in [-0.25, -0.2) is 4.98 Å². The second-order valence-electron chi connectivity index (χ2n) is 9.31. The van der Waals surface area contributed by atoms with Crippen molar-refractivity contribution in [3.8, 4) is 11.1 Å². The van der Waals surface area contributed by atoms with Crippen LogP contribution in [0.5, 0.6) is 0 Å². The molecule has 0 atom stereocenters. The number of nitrogens with zero attached hydrogens (tertiary/aromatic N) is 5. The zero-order valence-corrected chi connectivity index (χ0v) is 21.1. The Morgan fingerprint density at radius 3 is 2.59 bits per heavy atom. The largest absolute Gasteiger partial charge is 0.341 e. The summed E-state index contributed by atoms with van der Waals surface area (Å²) in [5, 5.41) is 10.7. The number of benzene rings is 1. The van der Waals surface area contributed by atoms with E-state index in [0.29, 0.717) is 23.0 Å². The average Bonchev–Trinajstić information content (AvgIpc) is 3.50. The lowest BCUT2D eigenvalue weighted by molar-refractivity contribution is 0.548. The van der Waals surface area contributed by atoms with Crippen LogP contribution in [0.3, 0.4) is 0 Å². The topological polar surface area (TPSA) is 79.7 Å². The second kappa shape index (κ2) is 8.85. The summed E-state index contributed by atoms with van der Waals surface area (Å²) in [6.45, 7) is 6.25. The van der Waals surface area contributed by atoms with E-state index in [4.69, 9.17) is 4.98 Å². The van der Waals surface area contributed by atoms with Crippen LogP contribution in [-0.2, 0) is 5.75 Å². The Hall–Kier alpha value is -2.65. The fourth-order valence-corrected chi connectivity index (χ4v) is 6.70. The normalized spacial score (nSPS) is 16.5. The third kappa shape index (κ3) is 4.05. The minimum absolute atomic E-state index is 0.0711. The summed E-state index contributed by atoms with van der Waals surface area (Å²) in [5.74, 6) is 2.26. The van der Waals surface area contributed by atoms with Crippen molar-refractivity contribution in [3.05, 3.63) is 50.9 Å². The molecule has 4 aromatic rings. The van der Waals surface area contributed by atoms with E-state index in [0.717, 1.165) is 45.0 Å². The molecule has 1 saturated heterocycles. The van der Waals surface area contributed by atoms with E-state index in [2.05, 4.69) is 62.8 Å². The van der Waals surface area contributed by atoms with Crippen molar-refractivity contribution < 1.29 is 0 Å². The molecule has 7 nitrogen and oxygen atoms in total. The first-order valence-corrected chi connectivity index (χ1v) is 13.8. The number of nitrogens with one attached hydrogen (secondary N) is 1. The van der Waals surface area contributed by atoms with Gasteiger partial charge >= 0.3 is 0 Å². The first-order chi connectivity index (χ1) is 16.6. The Morgan fingerprint density at radius 2 is 1.85 bits per heavy atom. The molecule has 1 saturated carbocycles. The third-order valence-electron chi connectivity index (χ3n) is 6.66. The SMILES string of the molecule is Cc1ccc(-c2c(C)sc3nc(CSc4nnc(N5CCCCC5)n4C4CC4)[nH]c(=O)c23)cc1. The summed E-state index contributed by atoms with van der Waals surface area (Å²) < 4.78 is 2.32. The van der Waals surface area contributed by atoms with Gasteiger partial charge in [-0.15, -0.1) is 21.5 Å². The van der Waals surface area contributed by atoms with Crippen LogP contribution in [0.15, 0.2) is 34.2 Å². The molecule has 0 bridgehead atoms. The molecule has 0 unspecified atom stereocenters. The summed E-state index contributed by atoms with van der Waals surface area (Å²) >= 11 is 3.20. The van der Waals surface area contributed by atoms with Crippen molar-refractivity contribution in [2.45, 2.75) is 62.9 Å². The minimum atomic E-state index is -0.0711. The summed E-state index contributed by atoms with van der Waals surface area (Å²) in [7, 11) is 0. The molecule has 176 valence electrons. The average molecular weight is 493 g/mol. The molecule has 9 heteroatoms. The molecule has 1 N–H and O–H groups in total. The highest BCUT2D eigenvalue weighted by Crippen LogP contribution is 2.42. The number of fused-ring (bicyclic) bond motifs is 1. The molecule has 3 aromatic heterocycles. The van der Waals surface area contributed by atoms with Crippen molar-refractivity contribution in [1.82, 2.24) is 24.7 Å². The molecule has 1 aliphatic carbocycles. The maximum absolute atomic E-state index is 13.1. The van der Waals surface area contributed by atoms with Crippen molar-refractivity contribution in [2.24, 2.45) is 0 Å². The Labute approximate surface area is 206 Å². The highest BCUT2D eigenvalue weighted by Gasteiger charge is 2.32. The maximum atomic E-state index is 13.1. The van der Waals surface area contributed by atoms with E-state index in [9.17, 15) is 4.79 Å². The van der Waals surface area contributed by atoms with Crippen LogP contribution < -0.4 is 10.5 Å². The molecule has 34 heavy (non-hydrogen) atoms. The highest BCUT2D eigenvalue weighted by atomic mass is 32.2. The number of piperidine rings is 1. The zero-order valence-electron chi connectivity index (χ0n) is 19.5. The van der Waals surface area contributed by atoms with Gasteiger partial charge in [-0.1, -0.05) is 41.6 Å². The summed E-state index contributed by atoms with van der Waals surface area (Å²) in [6.07, 6.45) is 6.10. The van der Waals surface area contributed by atoms with E-state index in [1.807, 2.05) is 0 Å². The predicted molar refractivity (Wildman–Crippen MR) is 139 cm³/mol. The van der Waals surface area contributed by atoms with Crippen LogP contribution in [-0.4, -0.2) is 37.8 Å². The molecule has 0 spiro atoms. The molecule has 1 aromatic carbocycles. The van der Waals surface area contributed by atoms with E-state index in [1.54, 1.807) is 23.1 Å². The van der Waals surface area contributed by atoms with Gasteiger partial charge in [0.1, 0.15) is 10.7 Å². The Morgan fingerprint density at radius 1 is 1.09 bits per heavy atom. The van der Waals surface area contributed by atoms with Gasteiger partial charge in [-0.3, -0.25) is 9.36 Å². The van der Waals surface area contributed by atoms with Gasteiger partial charge in [0.2, 0.25) is 5.95 Å². The van der Waals surface area contributed by atoms with Crippen LogP contribution in [0.1, 0.15) is 54.4 Å². The smallest absolute Gasteiger partial charge is 0.260 e. The van der Waals surface area contributed by atoms with Crippen LogP contribution >= 0.6 is 23.1 Å². The van der Waals surface area contributed by atoms with E-state index in [-0.39, 0.29) is 5.56 Å². The molecule has 0 amide bonds. The quantitative estimate of drug-likeness (QED) is 0.359. The number of rotatable bonds is 6. The number of thioether (sulfide) groups is 1. The molecular formula is C25H28N6OS2. The van der Waals surface area contributed by atoms with Gasteiger partial charge in [-0.05, 0) is 51.5 Å². The van der Waals surface area contributed by atoms with E-state index >= 15 is 0 Å². The third-order valence-corrected chi connectivity index (χ3v) is 8.62. The van der Waals surface area contributed by atoms with Gasteiger partial charge < -0.3 is 9.88 Å². The number of anilines is 1. The first kappa shape index (κ1) is 21.9. The van der Waals surface area contributed by atoms with Gasteiger partial charge in [0.05, 0.1) is 11.1 Å². The van der Waals surface area contributed by atoms with Crippen LogP contribution in [0.2, 0.25) is 0 Å². The number of aromatic amines is 1. The van der Waals surface area contributed by atoms with Crippen LogP contribution in [0.25, 0.3) is 21.3 Å². The van der Waals surface area contributed by atoms with Crippen molar-refractivity contribution in [3.63, 3.8) is 0 Å². The molecule has 1 aliphatic heterocycles. The number of aryl methyl sites for hydroxylation is 2. The number of H-pyrrole nitrogens is 1. The number of hydrogen-bond acceptors (Lipinski definition) is 7. The Kier molecular flexibility index (Phi) is 5.69. The number of aromatic nitrogens is 5. The van der Waals surface area contributed by atoms with Crippen molar-refractivity contribution >= 4 is 39.3 Å². The predicted octanol–water partition coefficient (Wildman–Crippen LogP) is 5.48. The highest BCUT2D eigenvalue weighted by molar-refractivity contribution is 7.98. The summed E-state index contributed by atoms with van der Waals surface area (Å²) in [5.41, 5.74) is 3.19. The first-order valence-electron chi connectivity index (χ1n) is 12.0. The van der Waals surface area contributed by atoms with E-state index in [1.165, 1.54) is 37.7 Å². The summed E-state index contributed by atoms with van der Waals surface area (Å²) in [6, 6.07) is 8.83. The van der Waals surface area contributed by atoms with Crippen molar-refractivity contribution in [2.75, 3.05) is 18.0 Å². The molecule has 4 heterocycles. The molecular weight excluding hydrogens is 464 g/mol. The Bertz CT molecular complexity index is 1390. The van der Waals surface area contributed by atoms with Crippen LogP contribution in [0.4, 0.5) is 5.95 Å². The van der Waals surface area contributed by atoms with Crippen molar-refractivity contribution in [1.29, 1.82) is 0 Å². The molecule has 6 rings (SSSR count). The molecule has 0 radical (unpaired) electrons. The Balaban J connectivity index is 1.28. The lowest BCUT2D eigenvalue weighted by atomic mass is 10.0. The molecule has 2 aliphatic rings. The van der Waals surface area contributed by atoms with E-state index < -0.39 is 0 Å².